The Bertz CT molecular complexity index is 761. The molecule has 0 heterocycles. The van der Waals surface area contributed by atoms with E-state index in [0.717, 1.165) is 11.1 Å². The van der Waals surface area contributed by atoms with Crippen LogP contribution >= 0.6 is 0 Å². The Labute approximate surface area is 141 Å². The Balaban J connectivity index is 1.70. The SMILES string of the molecule is N=C(N)c1cccc(C#CCCNC(=O)OCc2ccccc2)c1. The van der Waals surface area contributed by atoms with Crippen molar-refractivity contribution in [1.29, 1.82) is 5.41 Å². The van der Waals surface area contributed by atoms with Crippen LogP contribution in [0.5, 0.6) is 0 Å². The highest BCUT2D eigenvalue weighted by molar-refractivity contribution is 5.95. The zero-order chi connectivity index (χ0) is 17.2. The van der Waals surface area contributed by atoms with Crippen molar-refractivity contribution in [3.63, 3.8) is 0 Å². The lowest BCUT2D eigenvalue weighted by molar-refractivity contribution is 0.140. The van der Waals surface area contributed by atoms with Gasteiger partial charge in [0.15, 0.2) is 0 Å². The van der Waals surface area contributed by atoms with Crippen molar-refractivity contribution in [1.82, 2.24) is 5.32 Å². The van der Waals surface area contributed by atoms with Crippen LogP contribution in [-0.2, 0) is 11.3 Å². The smallest absolute Gasteiger partial charge is 0.407 e. The molecule has 0 bridgehead atoms. The van der Waals surface area contributed by atoms with Gasteiger partial charge in [-0.3, -0.25) is 5.41 Å². The van der Waals surface area contributed by atoms with E-state index in [9.17, 15) is 4.79 Å². The highest BCUT2D eigenvalue weighted by Crippen LogP contribution is 2.03. The topological polar surface area (TPSA) is 88.2 Å². The lowest BCUT2D eigenvalue weighted by Crippen LogP contribution is -2.24. The fraction of sp³-hybridized carbons (Fsp3) is 0.158. The first-order chi connectivity index (χ1) is 11.6. The van der Waals surface area contributed by atoms with Gasteiger partial charge in [0, 0.05) is 24.1 Å². The fourth-order valence-corrected chi connectivity index (χ4v) is 1.93. The van der Waals surface area contributed by atoms with Crippen LogP contribution < -0.4 is 11.1 Å². The monoisotopic (exact) mass is 321 g/mol. The maximum Gasteiger partial charge on any atom is 0.407 e. The van der Waals surface area contributed by atoms with Gasteiger partial charge >= 0.3 is 6.09 Å². The molecule has 0 spiro atoms. The number of nitrogen functional groups attached to an aromatic ring is 1. The number of hydrogen-bond donors (Lipinski definition) is 3. The number of carbonyl (C=O) groups is 1. The second-order valence-corrected chi connectivity index (χ2v) is 5.03. The quantitative estimate of drug-likeness (QED) is 0.342. The van der Waals surface area contributed by atoms with Crippen LogP contribution in [-0.4, -0.2) is 18.5 Å². The summed E-state index contributed by atoms with van der Waals surface area (Å²) in [5.41, 5.74) is 7.81. The number of carbonyl (C=O) groups excluding carboxylic acids is 1. The molecule has 0 radical (unpaired) electrons. The zero-order valence-corrected chi connectivity index (χ0v) is 13.2. The molecular formula is C19H19N3O2. The largest absolute Gasteiger partial charge is 0.445 e. The van der Waals surface area contributed by atoms with E-state index in [1.54, 1.807) is 18.2 Å². The van der Waals surface area contributed by atoms with Gasteiger partial charge in [-0.15, -0.1) is 0 Å². The number of amidine groups is 1. The van der Waals surface area contributed by atoms with Crippen molar-refractivity contribution in [2.24, 2.45) is 5.73 Å². The first-order valence-corrected chi connectivity index (χ1v) is 7.53. The Morgan fingerprint density at radius 1 is 1.17 bits per heavy atom. The van der Waals surface area contributed by atoms with Crippen LogP contribution in [0.2, 0.25) is 0 Å². The highest BCUT2D eigenvalue weighted by atomic mass is 16.5. The number of rotatable bonds is 5. The molecular weight excluding hydrogens is 302 g/mol. The zero-order valence-electron chi connectivity index (χ0n) is 13.2. The summed E-state index contributed by atoms with van der Waals surface area (Å²) in [5.74, 6) is 5.96. The van der Waals surface area contributed by atoms with Gasteiger partial charge in [-0.1, -0.05) is 54.3 Å². The molecule has 0 saturated carbocycles. The Morgan fingerprint density at radius 3 is 2.71 bits per heavy atom. The minimum Gasteiger partial charge on any atom is -0.445 e. The number of hydrogen-bond acceptors (Lipinski definition) is 3. The molecule has 0 atom stereocenters. The van der Waals surface area contributed by atoms with Crippen molar-refractivity contribution < 1.29 is 9.53 Å². The van der Waals surface area contributed by atoms with Gasteiger partial charge in [-0.2, -0.15) is 0 Å². The number of ether oxygens (including phenoxy) is 1. The van der Waals surface area contributed by atoms with Crippen molar-refractivity contribution in [3.8, 4) is 11.8 Å². The van der Waals surface area contributed by atoms with Gasteiger partial charge in [0.05, 0.1) is 0 Å². The van der Waals surface area contributed by atoms with E-state index < -0.39 is 6.09 Å². The average molecular weight is 321 g/mol. The molecule has 0 aliphatic rings. The van der Waals surface area contributed by atoms with Crippen molar-refractivity contribution in [3.05, 3.63) is 71.3 Å². The van der Waals surface area contributed by atoms with E-state index in [1.807, 2.05) is 36.4 Å². The summed E-state index contributed by atoms with van der Waals surface area (Å²) in [6.45, 7) is 0.656. The van der Waals surface area contributed by atoms with Crippen LogP contribution in [0, 0.1) is 17.3 Å². The molecule has 0 saturated heterocycles. The number of alkyl carbamates (subject to hydrolysis) is 1. The molecule has 2 rings (SSSR count). The molecule has 2 aromatic carbocycles. The molecule has 2 aromatic rings. The number of amides is 1. The van der Waals surface area contributed by atoms with Crippen molar-refractivity contribution in [2.45, 2.75) is 13.0 Å². The minimum absolute atomic E-state index is 0.0153. The summed E-state index contributed by atoms with van der Waals surface area (Å²) in [5, 5.41) is 10.0. The van der Waals surface area contributed by atoms with E-state index in [1.165, 1.54) is 0 Å². The van der Waals surface area contributed by atoms with Gasteiger partial charge in [0.2, 0.25) is 0 Å². The first-order valence-electron chi connectivity index (χ1n) is 7.53. The second-order valence-electron chi connectivity index (χ2n) is 5.03. The van der Waals surface area contributed by atoms with E-state index in [-0.39, 0.29) is 12.4 Å². The third kappa shape index (κ3) is 5.85. The summed E-state index contributed by atoms with van der Waals surface area (Å²) in [4.78, 5) is 11.6. The molecule has 1 amide bonds. The first kappa shape index (κ1) is 17.1. The van der Waals surface area contributed by atoms with Gasteiger partial charge in [0.1, 0.15) is 12.4 Å². The molecule has 0 aliphatic heterocycles. The van der Waals surface area contributed by atoms with E-state index in [0.29, 0.717) is 18.5 Å². The summed E-state index contributed by atoms with van der Waals surface area (Å²) in [7, 11) is 0. The molecule has 4 N–H and O–H groups in total. The average Bonchev–Trinajstić information content (AvgIpc) is 2.61. The van der Waals surface area contributed by atoms with Crippen LogP contribution in [0.3, 0.4) is 0 Å². The summed E-state index contributed by atoms with van der Waals surface area (Å²) in [6.07, 6.45) is 0.0457. The molecule has 5 heteroatoms. The molecule has 0 aromatic heterocycles. The lowest BCUT2D eigenvalue weighted by atomic mass is 10.1. The fourth-order valence-electron chi connectivity index (χ4n) is 1.93. The molecule has 24 heavy (non-hydrogen) atoms. The number of benzene rings is 2. The van der Waals surface area contributed by atoms with Crippen molar-refractivity contribution in [2.75, 3.05) is 6.54 Å². The molecule has 5 nitrogen and oxygen atoms in total. The highest BCUT2D eigenvalue weighted by Gasteiger charge is 2.00. The third-order valence-electron chi connectivity index (χ3n) is 3.14. The standard InChI is InChI=1S/C19H19N3O2/c20-18(21)17-11-6-10-15(13-17)7-4-5-12-22-19(23)24-14-16-8-2-1-3-9-16/h1-3,6,8-11,13H,5,12,14H2,(H3,20,21)(H,22,23). The summed E-state index contributed by atoms with van der Waals surface area (Å²) in [6, 6.07) is 16.7. The maximum absolute atomic E-state index is 11.6. The minimum atomic E-state index is -0.459. The summed E-state index contributed by atoms with van der Waals surface area (Å²) >= 11 is 0. The Kier molecular flexibility index (Phi) is 6.42. The van der Waals surface area contributed by atoms with E-state index in [2.05, 4.69) is 17.2 Å². The van der Waals surface area contributed by atoms with Gasteiger partial charge in [-0.25, -0.2) is 4.79 Å². The number of nitrogens with two attached hydrogens (primary N) is 1. The molecule has 0 fully saturated rings. The molecule has 0 aliphatic carbocycles. The Morgan fingerprint density at radius 2 is 1.96 bits per heavy atom. The van der Waals surface area contributed by atoms with Crippen molar-refractivity contribution >= 4 is 11.9 Å². The van der Waals surface area contributed by atoms with Crippen LogP contribution in [0.1, 0.15) is 23.1 Å². The second kappa shape index (κ2) is 9.01. The molecule has 0 unspecified atom stereocenters. The predicted octanol–water partition coefficient (Wildman–Crippen LogP) is 2.64. The van der Waals surface area contributed by atoms with E-state index in [4.69, 9.17) is 15.9 Å². The van der Waals surface area contributed by atoms with Gasteiger partial charge in [0.25, 0.3) is 0 Å². The van der Waals surface area contributed by atoms with Gasteiger partial charge in [-0.05, 0) is 17.7 Å². The van der Waals surface area contributed by atoms with Gasteiger partial charge < -0.3 is 15.8 Å². The van der Waals surface area contributed by atoms with Crippen LogP contribution in [0.4, 0.5) is 4.79 Å². The normalized spacial score (nSPS) is 9.50. The summed E-state index contributed by atoms with van der Waals surface area (Å²) < 4.78 is 5.10. The Hall–Kier alpha value is -3.26. The number of nitrogens with one attached hydrogen (secondary N) is 2. The lowest BCUT2D eigenvalue weighted by Gasteiger charge is -2.05. The van der Waals surface area contributed by atoms with E-state index >= 15 is 0 Å². The third-order valence-corrected chi connectivity index (χ3v) is 3.14. The van der Waals surface area contributed by atoms with Crippen LogP contribution in [0.25, 0.3) is 0 Å². The van der Waals surface area contributed by atoms with Crippen LogP contribution in [0.15, 0.2) is 54.6 Å². The maximum atomic E-state index is 11.6. The molecule has 122 valence electrons. The predicted molar refractivity (Wildman–Crippen MR) is 93.6 cm³/mol.